The first-order valence-corrected chi connectivity index (χ1v) is 9.47. The topological polar surface area (TPSA) is 89.3 Å². The van der Waals surface area contributed by atoms with Crippen molar-refractivity contribution in [3.63, 3.8) is 0 Å². The van der Waals surface area contributed by atoms with Crippen molar-refractivity contribution in [1.82, 2.24) is 4.57 Å². The zero-order valence-electron chi connectivity index (χ0n) is 16.7. The van der Waals surface area contributed by atoms with Crippen LogP contribution >= 0.6 is 0 Å². The van der Waals surface area contributed by atoms with Gasteiger partial charge in [-0.25, -0.2) is 9.13 Å². The summed E-state index contributed by atoms with van der Waals surface area (Å²) in [6.45, 7) is 1.08. The molecule has 8 heteroatoms. The minimum absolute atomic E-state index is 0.0476. The van der Waals surface area contributed by atoms with Crippen LogP contribution in [0.4, 0.5) is 28.7 Å². The molecule has 3 N–H and O–H groups in total. The van der Waals surface area contributed by atoms with Crippen LogP contribution in [-0.2, 0) is 14.1 Å². The molecular weight excluding hydrogens is 368 g/mol. The summed E-state index contributed by atoms with van der Waals surface area (Å²) in [6.07, 6.45) is 3.86. The molecule has 1 heterocycles. The van der Waals surface area contributed by atoms with Gasteiger partial charge >= 0.3 is 5.95 Å². The molecule has 0 unspecified atom stereocenters. The average molecular weight is 395 g/mol. The van der Waals surface area contributed by atoms with E-state index in [1.54, 1.807) is 0 Å². The van der Waals surface area contributed by atoms with Crippen LogP contribution in [0, 0.1) is 0 Å². The van der Waals surface area contributed by atoms with Gasteiger partial charge in [-0.3, -0.25) is 0 Å². The fraction of sp³-hybridized carbons (Fsp3) is 0.286. The molecule has 8 nitrogen and oxygen atoms in total. The molecule has 0 atom stereocenters. The highest BCUT2D eigenvalue weighted by Gasteiger charge is 2.10. The standard InChI is InChI=1S/C21H26N6O2/c1-25-11-12-26(2)21(25)24-23-19-5-3-17(4-6-19)22-18-7-9-20(10-8-18)27(13-15-28)14-16-29/h3-12,28-29H,13-16H2,1-2H3/p+1. The summed E-state index contributed by atoms with van der Waals surface area (Å²) in [5, 5.41) is 30.3. The second-order valence-electron chi connectivity index (χ2n) is 6.67. The molecule has 3 rings (SSSR count). The van der Waals surface area contributed by atoms with Crippen molar-refractivity contribution in [3.05, 3.63) is 60.9 Å². The Kier molecular flexibility index (Phi) is 6.94. The van der Waals surface area contributed by atoms with Gasteiger partial charge in [0.1, 0.15) is 5.69 Å². The van der Waals surface area contributed by atoms with Crippen LogP contribution in [0.2, 0.25) is 0 Å². The van der Waals surface area contributed by atoms with Crippen LogP contribution in [0.15, 0.2) is 71.2 Å². The Bertz CT molecular complexity index is 909. The van der Waals surface area contributed by atoms with E-state index >= 15 is 0 Å². The van der Waals surface area contributed by atoms with Crippen molar-refractivity contribution in [2.45, 2.75) is 0 Å². The Morgan fingerprint density at radius 3 is 2.03 bits per heavy atom. The van der Waals surface area contributed by atoms with Gasteiger partial charge < -0.3 is 20.4 Å². The minimum atomic E-state index is 0.0476. The lowest BCUT2D eigenvalue weighted by Crippen LogP contribution is -2.29. The number of anilines is 3. The Morgan fingerprint density at radius 1 is 0.931 bits per heavy atom. The van der Waals surface area contributed by atoms with E-state index in [1.165, 1.54) is 0 Å². The van der Waals surface area contributed by atoms with Crippen LogP contribution in [0.3, 0.4) is 0 Å². The fourth-order valence-corrected chi connectivity index (χ4v) is 2.97. The maximum atomic E-state index is 9.16. The summed E-state index contributed by atoms with van der Waals surface area (Å²) < 4.78 is 3.82. The number of aliphatic hydroxyl groups is 2. The van der Waals surface area contributed by atoms with Gasteiger partial charge in [-0.05, 0) is 48.5 Å². The van der Waals surface area contributed by atoms with Gasteiger partial charge in [0, 0.05) is 35.3 Å². The van der Waals surface area contributed by atoms with Gasteiger partial charge in [0.25, 0.3) is 0 Å². The molecule has 0 fully saturated rings. The zero-order valence-corrected chi connectivity index (χ0v) is 16.7. The third-order valence-electron chi connectivity index (χ3n) is 4.53. The minimum Gasteiger partial charge on any atom is -0.395 e. The zero-order chi connectivity index (χ0) is 20.6. The largest absolute Gasteiger partial charge is 0.421 e. The highest BCUT2D eigenvalue weighted by molar-refractivity contribution is 5.64. The predicted octanol–water partition coefficient (Wildman–Crippen LogP) is 2.80. The van der Waals surface area contributed by atoms with Gasteiger partial charge in [-0.2, -0.15) is 0 Å². The Hall–Kier alpha value is -3.23. The van der Waals surface area contributed by atoms with E-state index < -0.39 is 0 Å². The van der Waals surface area contributed by atoms with E-state index in [2.05, 4.69) is 15.5 Å². The van der Waals surface area contributed by atoms with E-state index in [-0.39, 0.29) is 13.2 Å². The number of azo groups is 1. The monoisotopic (exact) mass is 395 g/mol. The van der Waals surface area contributed by atoms with Crippen molar-refractivity contribution in [3.8, 4) is 0 Å². The number of aromatic nitrogens is 2. The molecule has 0 saturated carbocycles. The van der Waals surface area contributed by atoms with Crippen molar-refractivity contribution < 1.29 is 14.8 Å². The molecule has 0 amide bonds. The third-order valence-corrected chi connectivity index (χ3v) is 4.53. The number of nitrogens with one attached hydrogen (secondary N) is 1. The Labute approximate surface area is 170 Å². The third kappa shape index (κ3) is 5.40. The predicted molar refractivity (Wildman–Crippen MR) is 113 cm³/mol. The molecule has 1 aromatic heterocycles. The summed E-state index contributed by atoms with van der Waals surface area (Å²) in [5.74, 6) is 0.767. The van der Waals surface area contributed by atoms with Gasteiger partial charge in [-0.1, -0.05) is 5.11 Å². The van der Waals surface area contributed by atoms with Crippen LogP contribution in [0.1, 0.15) is 0 Å². The molecule has 0 aliphatic heterocycles. The molecule has 29 heavy (non-hydrogen) atoms. The molecule has 0 radical (unpaired) electrons. The number of imidazole rings is 1. The summed E-state index contributed by atoms with van der Waals surface area (Å²) in [5.41, 5.74) is 3.63. The summed E-state index contributed by atoms with van der Waals surface area (Å²) in [6, 6.07) is 15.6. The highest BCUT2D eigenvalue weighted by atomic mass is 16.3. The van der Waals surface area contributed by atoms with E-state index in [0.717, 1.165) is 28.7 Å². The number of aliphatic hydroxyl groups excluding tert-OH is 2. The molecule has 3 aromatic rings. The maximum Gasteiger partial charge on any atom is 0.421 e. The maximum absolute atomic E-state index is 9.16. The van der Waals surface area contributed by atoms with Crippen LogP contribution < -0.4 is 14.8 Å². The molecule has 152 valence electrons. The molecule has 0 spiro atoms. The molecule has 0 saturated heterocycles. The summed E-state index contributed by atoms with van der Waals surface area (Å²) in [7, 11) is 3.86. The lowest BCUT2D eigenvalue weighted by Gasteiger charge is -2.23. The fourth-order valence-electron chi connectivity index (χ4n) is 2.97. The second-order valence-corrected chi connectivity index (χ2v) is 6.67. The van der Waals surface area contributed by atoms with Gasteiger partial charge in [-0.15, -0.1) is 0 Å². The number of nitrogens with zero attached hydrogens (tertiary/aromatic N) is 5. The number of benzene rings is 2. The second kappa shape index (κ2) is 9.81. The normalized spacial score (nSPS) is 11.2. The van der Waals surface area contributed by atoms with Crippen LogP contribution in [0.25, 0.3) is 0 Å². The first-order valence-electron chi connectivity index (χ1n) is 9.47. The molecule has 0 aliphatic carbocycles. The van der Waals surface area contributed by atoms with Gasteiger partial charge in [0.15, 0.2) is 0 Å². The van der Waals surface area contributed by atoms with E-state index in [9.17, 15) is 0 Å². The van der Waals surface area contributed by atoms with Crippen LogP contribution in [0.5, 0.6) is 0 Å². The van der Waals surface area contributed by atoms with Crippen molar-refractivity contribution >= 4 is 28.7 Å². The Balaban J connectivity index is 1.63. The quantitative estimate of drug-likeness (QED) is 0.384. The summed E-state index contributed by atoms with van der Waals surface area (Å²) in [4.78, 5) is 1.94. The Morgan fingerprint density at radius 2 is 1.52 bits per heavy atom. The van der Waals surface area contributed by atoms with Crippen molar-refractivity contribution in [2.24, 2.45) is 24.3 Å². The van der Waals surface area contributed by atoms with Gasteiger partial charge in [0.05, 0.1) is 39.7 Å². The van der Waals surface area contributed by atoms with E-state index in [0.29, 0.717) is 13.1 Å². The summed E-state index contributed by atoms with van der Waals surface area (Å²) >= 11 is 0. The lowest BCUT2D eigenvalue weighted by molar-refractivity contribution is -0.657. The first-order chi connectivity index (χ1) is 14.1. The van der Waals surface area contributed by atoms with E-state index in [4.69, 9.17) is 10.2 Å². The number of rotatable bonds is 9. The molecular formula is C21H27N6O2+. The highest BCUT2D eigenvalue weighted by Crippen LogP contribution is 2.23. The van der Waals surface area contributed by atoms with Crippen molar-refractivity contribution in [1.29, 1.82) is 0 Å². The SMILES string of the molecule is Cn1cc[n+](C)c1N=Nc1ccc(Nc2ccc(N(CCO)CCO)cc2)cc1. The molecule has 0 bridgehead atoms. The lowest BCUT2D eigenvalue weighted by atomic mass is 10.2. The molecule has 0 aliphatic rings. The van der Waals surface area contributed by atoms with Crippen molar-refractivity contribution in [2.75, 3.05) is 36.5 Å². The number of aryl methyl sites for hydroxylation is 2. The smallest absolute Gasteiger partial charge is 0.395 e. The molecule has 2 aromatic carbocycles. The van der Waals surface area contributed by atoms with Gasteiger partial charge in [0.2, 0.25) is 0 Å². The number of hydrogen-bond donors (Lipinski definition) is 3. The number of hydrogen-bond acceptors (Lipinski definition) is 6. The van der Waals surface area contributed by atoms with E-state index in [1.807, 2.05) is 89.1 Å². The van der Waals surface area contributed by atoms with Crippen LogP contribution in [-0.4, -0.2) is 41.1 Å². The average Bonchev–Trinajstić information content (AvgIpc) is 3.05. The first kappa shape index (κ1) is 20.5.